The molecular formula is C24H21ClN2O3. The Morgan fingerprint density at radius 1 is 0.900 bits per heavy atom. The topological polar surface area (TPSA) is 42.0 Å². The van der Waals surface area contributed by atoms with E-state index in [1.54, 1.807) is 12.1 Å². The normalized spacial score (nSPS) is 15.0. The van der Waals surface area contributed by atoms with E-state index in [4.69, 9.17) is 21.1 Å². The third kappa shape index (κ3) is 3.46. The number of halogens is 1. The minimum atomic E-state index is -0.0713. The third-order valence-electron chi connectivity index (χ3n) is 5.48. The van der Waals surface area contributed by atoms with Crippen molar-refractivity contribution in [1.82, 2.24) is 0 Å². The van der Waals surface area contributed by atoms with Gasteiger partial charge in [0, 0.05) is 19.6 Å². The molecule has 3 aromatic rings. The maximum Gasteiger partial charge on any atom is 0.259 e. The molecule has 0 atom stereocenters. The smallest absolute Gasteiger partial charge is 0.259 e. The first-order valence-corrected chi connectivity index (χ1v) is 10.4. The number of hydrogen-bond acceptors (Lipinski definition) is 4. The number of hydrogen-bond donors (Lipinski definition) is 0. The fourth-order valence-electron chi connectivity index (χ4n) is 4.04. The molecule has 0 spiro atoms. The highest BCUT2D eigenvalue weighted by atomic mass is 35.5. The van der Waals surface area contributed by atoms with Crippen molar-refractivity contribution >= 4 is 28.9 Å². The summed E-state index contributed by atoms with van der Waals surface area (Å²) in [5, 5.41) is 0.474. The van der Waals surface area contributed by atoms with E-state index >= 15 is 0 Å². The second-order valence-electron chi connectivity index (χ2n) is 7.39. The predicted octanol–water partition coefficient (Wildman–Crippen LogP) is 5.13. The fourth-order valence-corrected chi connectivity index (χ4v) is 4.25. The molecule has 0 fully saturated rings. The van der Waals surface area contributed by atoms with Crippen LogP contribution in [0.3, 0.4) is 0 Å². The zero-order valence-electron chi connectivity index (χ0n) is 16.4. The van der Waals surface area contributed by atoms with Crippen molar-refractivity contribution in [2.24, 2.45) is 0 Å². The van der Waals surface area contributed by atoms with Crippen LogP contribution in [0.15, 0.2) is 66.7 Å². The number of benzene rings is 3. The Morgan fingerprint density at radius 2 is 1.67 bits per heavy atom. The summed E-state index contributed by atoms with van der Waals surface area (Å²) < 4.78 is 10.9. The molecule has 3 aromatic carbocycles. The highest BCUT2D eigenvalue weighted by molar-refractivity contribution is 6.34. The predicted molar refractivity (Wildman–Crippen MR) is 118 cm³/mol. The minimum Gasteiger partial charge on any atom is -0.454 e. The van der Waals surface area contributed by atoms with Gasteiger partial charge in [0.1, 0.15) is 0 Å². The SMILES string of the molecule is O=C(c1ccccc1Cl)N1CCCN(Cc2ccc3c(c2)OCO3)c2ccccc21. The first-order chi connectivity index (χ1) is 14.7. The monoisotopic (exact) mass is 420 g/mol. The number of anilines is 2. The molecular weight excluding hydrogens is 400 g/mol. The van der Waals surface area contributed by atoms with Crippen LogP contribution in [0.2, 0.25) is 5.02 Å². The summed E-state index contributed by atoms with van der Waals surface area (Å²) in [6.45, 7) is 2.47. The number of rotatable bonds is 3. The Bertz CT molecular complexity index is 1100. The molecule has 6 heteroatoms. The molecule has 0 bridgehead atoms. The molecule has 0 unspecified atom stereocenters. The van der Waals surface area contributed by atoms with Crippen molar-refractivity contribution in [3.8, 4) is 11.5 Å². The first kappa shape index (κ1) is 18.8. The van der Waals surface area contributed by atoms with Gasteiger partial charge in [-0.25, -0.2) is 0 Å². The van der Waals surface area contributed by atoms with Crippen LogP contribution in [0.4, 0.5) is 11.4 Å². The maximum absolute atomic E-state index is 13.3. The van der Waals surface area contributed by atoms with Gasteiger partial charge in [-0.05, 0) is 48.4 Å². The van der Waals surface area contributed by atoms with Crippen LogP contribution < -0.4 is 19.3 Å². The van der Waals surface area contributed by atoms with Crippen LogP contribution in [0.5, 0.6) is 11.5 Å². The Kier molecular flexibility index (Phi) is 4.97. The maximum atomic E-state index is 13.3. The fraction of sp³-hybridized carbons (Fsp3) is 0.208. The van der Waals surface area contributed by atoms with Gasteiger partial charge >= 0.3 is 0 Å². The number of fused-ring (bicyclic) bond motifs is 2. The highest BCUT2D eigenvalue weighted by Crippen LogP contribution is 2.37. The Hall–Kier alpha value is -3.18. The summed E-state index contributed by atoms with van der Waals surface area (Å²) in [4.78, 5) is 17.5. The lowest BCUT2D eigenvalue weighted by Crippen LogP contribution is -2.31. The molecule has 5 rings (SSSR count). The van der Waals surface area contributed by atoms with E-state index in [-0.39, 0.29) is 12.7 Å². The van der Waals surface area contributed by atoms with Crippen molar-refractivity contribution in [1.29, 1.82) is 0 Å². The van der Waals surface area contributed by atoms with Gasteiger partial charge in [0.25, 0.3) is 5.91 Å². The lowest BCUT2D eigenvalue weighted by Gasteiger charge is -2.27. The third-order valence-corrected chi connectivity index (χ3v) is 5.81. The molecule has 0 saturated heterocycles. The lowest BCUT2D eigenvalue weighted by molar-refractivity contribution is 0.0987. The van der Waals surface area contributed by atoms with Crippen LogP contribution in [0.1, 0.15) is 22.3 Å². The van der Waals surface area contributed by atoms with E-state index < -0.39 is 0 Å². The van der Waals surface area contributed by atoms with Gasteiger partial charge in [0.2, 0.25) is 6.79 Å². The Labute approximate surface area is 180 Å². The van der Waals surface area contributed by atoms with E-state index in [0.717, 1.165) is 47.9 Å². The molecule has 152 valence electrons. The second kappa shape index (κ2) is 7.92. The standard InChI is InChI=1S/C24H21ClN2O3/c25-19-7-2-1-6-18(19)24(28)27-13-5-12-26(20-8-3-4-9-21(20)27)15-17-10-11-22-23(14-17)30-16-29-22/h1-4,6-11,14H,5,12-13,15-16H2. The van der Waals surface area contributed by atoms with Gasteiger partial charge in [-0.2, -0.15) is 0 Å². The molecule has 5 nitrogen and oxygen atoms in total. The molecule has 0 saturated carbocycles. The number of para-hydroxylation sites is 2. The first-order valence-electron chi connectivity index (χ1n) is 9.99. The molecule has 0 aliphatic carbocycles. The molecule has 2 heterocycles. The molecule has 0 N–H and O–H groups in total. The van der Waals surface area contributed by atoms with Gasteiger partial charge in [0.05, 0.1) is 22.0 Å². The van der Waals surface area contributed by atoms with Crippen molar-refractivity contribution < 1.29 is 14.3 Å². The van der Waals surface area contributed by atoms with Crippen molar-refractivity contribution in [3.05, 3.63) is 82.9 Å². The average molecular weight is 421 g/mol. The summed E-state index contributed by atoms with van der Waals surface area (Å²) in [6.07, 6.45) is 0.857. The van der Waals surface area contributed by atoms with Crippen LogP contribution in [0.25, 0.3) is 0 Å². The zero-order chi connectivity index (χ0) is 20.5. The van der Waals surface area contributed by atoms with Crippen molar-refractivity contribution in [3.63, 3.8) is 0 Å². The molecule has 1 amide bonds. The second-order valence-corrected chi connectivity index (χ2v) is 7.80. The van der Waals surface area contributed by atoms with Gasteiger partial charge in [-0.1, -0.05) is 41.9 Å². The Morgan fingerprint density at radius 3 is 2.53 bits per heavy atom. The van der Waals surface area contributed by atoms with E-state index in [9.17, 15) is 4.79 Å². The molecule has 0 radical (unpaired) electrons. The molecule has 0 aromatic heterocycles. The summed E-state index contributed by atoms with van der Waals surface area (Å²) in [6, 6.07) is 21.3. The van der Waals surface area contributed by atoms with Gasteiger partial charge < -0.3 is 19.3 Å². The van der Waals surface area contributed by atoms with Crippen LogP contribution >= 0.6 is 11.6 Å². The van der Waals surface area contributed by atoms with Gasteiger partial charge in [0.15, 0.2) is 11.5 Å². The van der Waals surface area contributed by atoms with E-state index in [1.165, 1.54) is 0 Å². The highest BCUT2D eigenvalue weighted by Gasteiger charge is 2.26. The van der Waals surface area contributed by atoms with Gasteiger partial charge in [-0.15, -0.1) is 0 Å². The largest absolute Gasteiger partial charge is 0.454 e. The minimum absolute atomic E-state index is 0.0713. The molecule has 2 aliphatic rings. The molecule has 30 heavy (non-hydrogen) atoms. The number of nitrogens with zero attached hydrogens (tertiary/aromatic N) is 2. The van der Waals surface area contributed by atoms with Crippen molar-refractivity contribution in [2.75, 3.05) is 29.7 Å². The van der Waals surface area contributed by atoms with Crippen LogP contribution in [-0.4, -0.2) is 25.8 Å². The summed E-state index contributed by atoms with van der Waals surface area (Å²) in [5.74, 6) is 1.50. The quantitative estimate of drug-likeness (QED) is 0.589. The van der Waals surface area contributed by atoms with Gasteiger partial charge in [-0.3, -0.25) is 4.79 Å². The van der Waals surface area contributed by atoms with E-state index in [1.807, 2.05) is 47.4 Å². The van der Waals surface area contributed by atoms with E-state index in [2.05, 4.69) is 17.0 Å². The lowest BCUT2D eigenvalue weighted by atomic mass is 10.1. The molecule has 2 aliphatic heterocycles. The average Bonchev–Trinajstić information content (AvgIpc) is 3.16. The summed E-state index contributed by atoms with van der Waals surface area (Å²) in [7, 11) is 0. The number of carbonyl (C=O) groups excluding carboxylic acids is 1. The number of carbonyl (C=O) groups is 1. The van der Waals surface area contributed by atoms with Crippen LogP contribution in [0, 0.1) is 0 Å². The van der Waals surface area contributed by atoms with E-state index in [0.29, 0.717) is 17.1 Å². The number of amides is 1. The number of ether oxygens (including phenoxy) is 2. The van der Waals surface area contributed by atoms with Crippen molar-refractivity contribution in [2.45, 2.75) is 13.0 Å². The zero-order valence-corrected chi connectivity index (χ0v) is 17.1. The Balaban J connectivity index is 1.47. The van der Waals surface area contributed by atoms with Crippen LogP contribution in [-0.2, 0) is 6.54 Å². The summed E-state index contributed by atoms with van der Waals surface area (Å²) in [5.41, 5.74) is 3.60. The summed E-state index contributed by atoms with van der Waals surface area (Å²) >= 11 is 6.31.